The number of nitrogens with one attached hydrogen (secondary N) is 1. The highest BCUT2D eigenvalue weighted by Gasteiger charge is 2.12. The number of nitrogens with zero attached hydrogens (tertiary/aromatic N) is 1. The first-order chi connectivity index (χ1) is 8.61. The van der Waals surface area contributed by atoms with E-state index in [1.165, 1.54) is 5.56 Å². The summed E-state index contributed by atoms with van der Waals surface area (Å²) in [5.74, 6) is 1.37. The van der Waals surface area contributed by atoms with E-state index in [9.17, 15) is 0 Å². The Kier molecular flexibility index (Phi) is 4.19. The maximum Gasteiger partial charge on any atom is 0.128 e. The highest BCUT2D eigenvalue weighted by Crippen LogP contribution is 2.23. The van der Waals surface area contributed by atoms with Gasteiger partial charge in [0.05, 0.1) is 12.2 Å². The van der Waals surface area contributed by atoms with Crippen molar-refractivity contribution < 1.29 is 0 Å². The van der Waals surface area contributed by atoms with Crippen LogP contribution in [0.3, 0.4) is 0 Å². The van der Waals surface area contributed by atoms with Crippen LogP contribution >= 0.6 is 15.9 Å². The fourth-order valence-electron chi connectivity index (χ4n) is 1.90. The molecular weight excluding hydrogens is 290 g/mol. The number of nitrogens with two attached hydrogens (primary N) is 1. The summed E-state index contributed by atoms with van der Waals surface area (Å²) in [5, 5.41) is 0. The van der Waals surface area contributed by atoms with Gasteiger partial charge in [0.1, 0.15) is 10.4 Å². The predicted molar refractivity (Wildman–Crippen MR) is 77.5 cm³/mol. The average Bonchev–Trinajstić information content (AvgIpc) is 2.84. The SMILES string of the molecule is CCC(C)c1ccc(C(N)c2ncc(Br)[nH]2)cc1. The van der Waals surface area contributed by atoms with Gasteiger partial charge in [-0.1, -0.05) is 38.1 Å². The summed E-state index contributed by atoms with van der Waals surface area (Å²) in [6.45, 7) is 4.43. The number of hydrogen-bond donors (Lipinski definition) is 2. The van der Waals surface area contributed by atoms with Gasteiger partial charge < -0.3 is 10.7 Å². The molecule has 18 heavy (non-hydrogen) atoms. The molecule has 1 heterocycles. The quantitative estimate of drug-likeness (QED) is 0.904. The molecular formula is C14H18BrN3. The van der Waals surface area contributed by atoms with Crippen LogP contribution in [0.15, 0.2) is 35.1 Å². The number of halogens is 1. The molecule has 0 spiro atoms. The van der Waals surface area contributed by atoms with Crippen LogP contribution in [0.4, 0.5) is 0 Å². The second-order valence-electron chi connectivity index (χ2n) is 4.57. The number of imidazole rings is 1. The van der Waals surface area contributed by atoms with Crippen molar-refractivity contribution in [3.8, 4) is 0 Å². The number of H-pyrrole nitrogens is 1. The van der Waals surface area contributed by atoms with Crippen LogP contribution < -0.4 is 5.73 Å². The molecule has 0 saturated heterocycles. The zero-order valence-corrected chi connectivity index (χ0v) is 12.2. The lowest BCUT2D eigenvalue weighted by Crippen LogP contribution is -2.13. The first-order valence-corrected chi connectivity index (χ1v) is 6.97. The zero-order valence-electron chi connectivity index (χ0n) is 10.7. The number of rotatable bonds is 4. The first-order valence-electron chi connectivity index (χ1n) is 6.17. The Bertz CT molecular complexity index is 504. The number of aromatic nitrogens is 2. The minimum Gasteiger partial charge on any atom is -0.335 e. The van der Waals surface area contributed by atoms with E-state index in [1.54, 1.807) is 6.20 Å². The van der Waals surface area contributed by atoms with Crippen molar-refractivity contribution in [1.82, 2.24) is 9.97 Å². The highest BCUT2D eigenvalue weighted by molar-refractivity contribution is 9.10. The summed E-state index contributed by atoms with van der Waals surface area (Å²) in [6, 6.07) is 8.27. The Balaban J connectivity index is 2.19. The van der Waals surface area contributed by atoms with E-state index in [1.807, 2.05) is 0 Å². The predicted octanol–water partition coefficient (Wildman–Crippen LogP) is 3.73. The van der Waals surface area contributed by atoms with Crippen LogP contribution in [0.25, 0.3) is 0 Å². The second kappa shape index (κ2) is 5.67. The van der Waals surface area contributed by atoms with Crippen LogP contribution in [0.1, 0.15) is 49.2 Å². The van der Waals surface area contributed by atoms with Crippen molar-refractivity contribution in [2.24, 2.45) is 5.73 Å². The van der Waals surface area contributed by atoms with E-state index < -0.39 is 0 Å². The normalized spacial score (nSPS) is 14.4. The molecule has 2 unspecified atom stereocenters. The molecule has 0 amide bonds. The van der Waals surface area contributed by atoms with Gasteiger partial charge in [-0.15, -0.1) is 0 Å². The van der Waals surface area contributed by atoms with E-state index in [0.717, 1.165) is 22.4 Å². The molecule has 0 aliphatic rings. The molecule has 2 aromatic rings. The standard InChI is InChI=1S/C14H18BrN3/c1-3-9(2)10-4-6-11(7-5-10)13(16)14-17-8-12(15)18-14/h4-9,13H,3,16H2,1-2H3,(H,17,18). The monoisotopic (exact) mass is 307 g/mol. The lowest BCUT2D eigenvalue weighted by molar-refractivity contribution is 0.731. The largest absolute Gasteiger partial charge is 0.335 e. The molecule has 0 aliphatic carbocycles. The fraction of sp³-hybridized carbons (Fsp3) is 0.357. The van der Waals surface area contributed by atoms with Gasteiger partial charge in [0, 0.05) is 0 Å². The number of aromatic amines is 1. The van der Waals surface area contributed by atoms with Gasteiger partial charge in [-0.25, -0.2) is 4.98 Å². The Morgan fingerprint density at radius 1 is 1.28 bits per heavy atom. The van der Waals surface area contributed by atoms with Gasteiger partial charge in [0.2, 0.25) is 0 Å². The molecule has 0 aliphatic heterocycles. The van der Waals surface area contributed by atoms with E-state index >= 15 is 0 Å². The van der Waals surface area contributed by atoms with Crippen molar-refractivity contribution in [2.75, 3.05) is 0 Å². The summed E-state index contributed by atoms with van der Waals surface area (Å²) in [6.07, 6.45) is 2.87. The lowest BCUT2D eigenvalue weighted by Gasteiger charge is -2.12. The molecule has 0 saturated carbocycles. The van der Waals surface area contributed by atoms with Gasteiger partial charge >= 0.3 is 0 Å². The summed E-state index contributed by atoms with van der Waals surface area (Å²) in [7, 11) is 0. The maximum absolute atomic E-state index is 6.17. The fourth-order valence-corrected chi connectivity index (χ4v) is 2.20. The Hall–Kier alpha value is -1.13. The molecule has 2 rings (SSSR count). The summed E-state index contributed by atoms with van der Waals surface area (Å²) >= 11 is 3.34. The topological polar surface area (TPSA) is 54.7 Å². The van der Waals surface area contributed by atoms with Crippen LogP contribution in [0.5, 0.6) is 0 Å². The average molecular weight is 308 g/mol. The third-order valence-corrected chi connectivity index (χ3v) is 3.74. The molecule has 1 aromatic carbocycles. The zero-order chi connectivity index (χ0) is 13.1. The van der Waals surface area contributed by atoms with E-state index in [0.29, 0.717) is 5.92 Å². The Morgan fingerprint density at radius 3 is 2.39 bits per heavy atom. The van der Waals surface area contributed by atoms with Crippen molar-refractivity contribution in [2.45, 2.75) is 32.2 Å². The Morgan fingerprint density at radius 2 is 1.89 bits per heavy atom. The Labute approximate surface area is 116 Å². The van der Waals surface area contributed by atoms with E-state index in [4.69, 9.17) is 5.73 Å². The minimum absolute atomic E-state index is 0.206. The minimum atomic E-state index is -0.206. The molecule has 1 aromatic heterocycles. The summed E-state index contributed by atoms with van der Waals surface area (Å²) in [5.41, 5.74) is 8.60. The number of benzene rings is 1. The second-order valence-corrected chi connectivity index (χ2v) is 5.42. The number of hydrogen-bond acceptors (Lipinski definition) is 2. The molecule has 96 valence electrons. The molecule has 3 nitrogen and oxygen atoms in total. The van der Waals surface area contributed by atoms with Crippen LogP contribution in [-0.2, 0) is 0 Å². The van der Waals surface area contributed by atoms with Gasteiger partial charge in [-0.2, -0.15) is 0 Å². The summed E-state index contributed by atoms with van der Waals surface area (Å²) < 4.78 is 0.851. The molecule has 0 fully saturated rings. The highest BCUT2D eigenvalue weighted by atomic mass is 79.9. The molecule has 4 heteroatoms. The van der Waals surface area contributed by atoms with E-state index in [2.05, 4.69) is 64.0 Å². The van der Waals surface area contributed by atoms with Crippen molar-refractivity contribution >= 4 is 15.9 Å². The summed E-state index contributed by atoms with van der Waals surface area (Å²) in [4.78, 5) is 7.34. The van der Waals surface area contributed by atoms with Crippen molar-refractivity contribution in [1.29, 1.82) is 0 Å². The van der Waals surface area contributed by atoms with Gasteiger partial charge in [-0.3, -0.25) is 0 Å². The first kappa shape index (κ1) is 13.3. The molecule has 2 atom stereocenters. The van der Waals surface area contributed by atoms with Crippen molar-refractivity contribution in [3.05, 3.63) is 52.0 Å². The molecule has 0 radical (unpaired) electrons. The van der Waals surface area contributed by atoms with Gasteiger partial charge in [0.25, 0.3) is 0 Å². The van der Waals surface area contributed by atoms with Crippen LogP contribution in [-0.4, -0.2) is 9.97 Å². The maximum atomic E-state index is 6.17. The van der Waals surface area contributed by atoms with Crippen molar-refractivity contribution in [3.63, 3.8) is 0 Å². The molecule has 0 bridgehead atoms. The van der Waals surface area contributed by atoms with Gasteiger partial charge in [-0.05, 0) is 39.4 Å². The molecule has 3 N–H and O–H groups in total. The lowest BCUT2D eigenvalue weighted by atomic mass is 9.96. The van der Waals surface area contributed by atoms with E-state index in [-0.39, 0.29) is 6.04 Å². The van der Waals surface area contributed by atoms with Gasteiger partial charge in [0.15, 0.2) is 0 Å². The third-order valence-electron chi connectivity index (χ3n) is 3.34. The third kappa shape index (κ3) is 2.82. The van der Waals surface area contributed by atoms with Crippen LogP contribution in [0, 0.1) is 0 Å². The van der Waals surface area contributed by atoms with Crippen LogP contribution in [0.2, 0.25) is 0 Å². The smallest absolute Gasteiger partial charge is 0.128 e.